The van der Waals surface area contributed by atoms with Gasteiger partial charge in [0.05, 0.1) is 0 Å². The molecule has 0 bridgehead atoms. The Labute approximate surface area is 125 Å². The third kappa shape index (κ3) is 4.40. The number of alkyl halides is 2. The molecule has 21 heavy (non-hydrogen) atoms. The largest absolute Gasteiger partial charge is 0.435 e. The van der Waals surface area contributed by atoms with E-state index in [1.54, 1.807) is 18.2 Å². The molecular formula is C17H25F2NO. The van der Waals surface area contributed by atoms with Crippen LogP contribution in [0, 0.1) is 11.8 Å². The molecule has 0 saturated heterocycles. The number of nitrogens with one attached hydrogen (secondary N) is 1. The van der Waals surface area contributed by atoms with Crippen molar-refractivity contribution in [2.75, 3.05) is 0 Å². The van der Waals surface area contributed by atoms with Gasteiger partial charge >= 0.3 is 6.61 Å². The third-order valence-corrected chi connectivity index (χ3v) is 4.57. The maximum Gasteiger partial charge on any atom is 0.387 e. The van der Waals surface area contributed by atoms with Gasteiger partial charge in [0.25, 0.3) is 0 Å². The fourth-order valence-electron chi connectivity index (χ4n) is 3.36. The first kappa shape index (κ1) is 16.2. The molecule has 118 valence electrons. The second-order valence-corrected chi connectivity index (χ2v) is 6.25. The fraction of sp³-hybridized carbons (Fsp3) is 0.647. The Balaban J connectivity index is 2.03. The summed E-state index contributed by atoms with van der Waals surface area (Å²) in [4.78, 5) is 0. The van der Waals surface area contributed by atoms with Crippen molar-refractivity contribution in [1.29, 1.82) is 0 Å². The lowest BCUT2D eigenvalue weighted by atomic mass is 9.78. The van der Waals surface area contributed by atoms with E-state index < -0.39 is 6.61 Å². The smallest absolute Gasteiger partial charge is 0.387 e. The zero-order valence-electron chi connectivity index (χ0n) is 13.0. The van der Waals surface area contributed by atoms with Crippen LogP contribution in [0.4, 0.5) is 8.78 Å². The van der Waals surface area contributed by atoms with Crippen molar-refractivity contribution in [3.05, 3.63) is 29.8 Å². The predicted octanol–water partition coefficient (Wildman–Crippen LogP) is 4.76. The van der Waals surface area contributed by atoms with E-state index in [1.165, 1.54) is 19.3 Å². The molecule has 1 fully saturated rings. The molecule has 2 nitrogen and oxygen atoms in total. The summed E-state index contributed by atoms with van der Waals surface area (Å²) in [5.74, 6) is 1.52. The van der Waals surface area contributed by atoms with Gasteiger partial charge in [-0.25, -0.2) is 0 Å². The second kappa shape index (κ2) is 7.21. The summed E-state index contributed by atoms with van der Waals surface area (Å²) in [6, 6.07) is 7.58. The van der Waals surface area contributed by atoms with E-state index in [4.69, 9.17) is 0 Å². The molecule has 0 radical (unpaired) electrons. The molecule has 1 aromatic carbocycles. The summed E-state index contributed by atoms with van der Waals surface area (Å²) in [6.07, 6.45) is 3.80. The quantitative estimate of drug-likeness (QED) is 0.845. The molecule has 0 aliphatic heterocycles. The summed E-state index contributed by atoms with van der Waals surface area (Å²) >= 11 is 0. The number of hydrogen-bond donors (Lipinski definition) is 1. The molecule has 3 unspecified atom stereocenters. The lowest BCUT2D eigenvalue weighted by Gasteiger charge is -2.37. The first-order valence-electron chi connectivity index (χ1n) is 7.78. The average Bonchev–Trinajstić information content (AvgIpc) is 2.42. The normalized spacial score (nSPS) is 27.6. The number of ether oxygens (including phenoxy) is 1. The van der Waals surface area contributed by atoms with Crippen LogP contribution in [0.5, 0.6) is 5.75 Å². The van der Waals surface area contributed by atoms with Gasteiger partial charge in [-0.05, 0) is 49.3 Å². The van der Waals surface area contributed by atoms with Crippen molar-refractivity contribution >= 4 is 0 Å². The second-order valence-electron chi connectivity index (χ2n) is 6.25. The molecule has 3 atom stereocenters. The first-order chi connectivity index (χ1) is 9.97. The number of benzene rings is 1. The van der Waals surface area contributed by atoms with Crippen LogP contribution >= 0.6 is 0 Å². The van der Waals surface area contributed by atoms with Gasteiger partial charge in [0.2, 0.25) is 0 Å². The summed E-state index contributed by atoms with van der Waals surface area (Å²) < 4.78 is 29.1. The van der Waals surface area contributed by atoms with E-state index in [-0.39, 0.29) is 11.8 Å². The summed E-state index contributed by atoms with van der Waals surface area (Å²) in [5.41, 5.74) is 0.984. The Kier molecular flexibility index (Phi) is 5.57. The lowest BCUT2D eigenvalue weighted by molar-refractivity contribution is -0.0499. The Bertz CT molecular complexity index is 442. The van der Waals surface area contributed by atoms with Gasteiger partial charge in [0, 0.05) is 12.1 Å². The molecule has 1 saturated carbocycles. The standard InChI is InChI=1S/C17H25F2NO/c1-11-6-4-7-12(2)16(11)20-13(3)14-8-5-9-15(10-14)21-17(18)19/h5,8-13,16-17,20H,4,6-7H2,1-3H3. The van der Waals surface area contributed by atoms with E-state index in [2.05, 4.69) is 30.8 Å². The predicted molar refractivity (Wildman–Crippen MR) is 80.6 cm³/mol. The SMILES string of the molecule is CC(NC1C(C)CCCC1C)c1cccc(OC(F)F)c1. The average molecular weight is 297 g/mol. The van der Waals surface area contributed by atoms with Gasteiger partial charge in [-0.3, -0.25) is 0 Å². The van der Waals surface area contributed by atoms with Crippen molar-refractivity contribution in [2.45, 2.75) is 58.7 Å². The van der Waals surface area contributed by atoms with E-state index in [0.29, 0.717) is 17.9 Å². The minimum atomic E-state index is -2.78. The number of rotatable bonds is 5. The molecule has 0 spiro atoms. The summed E-state index contributed by atoms with van der Waals surface area (Å²) in [5, 5.41) is 3.67. The van der Waals surface area contributed by atoms with Crippen molar-refractivity contribution in [3.63, 3.8) is 0 Å². The minimum Gasteiger partial charge on any atom is -0.435 e. The molecule has 2 rings (SSSR count). The lowest BCUT2D eigenvalue weighted by Crippen LogP contribution is -2.43. The van der Waals surface area contributed by atoms with Gasteiger partial charge in [0.15, 0.2) is 0 Å². The molecule has 4 heteroatoms. The molecule has 0 aromatic heterocycles. The van der Waals surface area contributed by atoms with Gasteiger partial charge in [-0.1, -0.05) is 32.4 Å². The molecule has 1 aromatic rings. The Morgan fingerprint density at radius 3 is 2.48 bits per heavy atom. The maximum atomic E-state index is 12.3. The Hall–Kier alpha value is -1.16. The van der Waals surface area contributed by atoms with Crippen molar-refractivity contribution in [3.8, 4) is 5.75 Å². The van der Waals surface area contributed by atoms with Crippen LogP contribution in [0.1, 0.15) is 51.6 Å². The molecule has 1 N–H and O–H groups in total. The number of halogens is 2. The third-order valence-electron chi connectivity index (χ3n) is 4.57. The zero-order valence-corrected chi connectivity index (χ0v) is 13.0. The van der Waals surface area contributed by atoms with E-state index in [1.807, 2.05) is 6.07 Å². The number of hydrogen-bond acceptors (Lipinski definition) is 2. The van der Waals surface area contributed by atoms with Crippen LogP contribution < -0.4 is 10.1 Å². The van der Waals surface area contributed by atoms with Crippen molar-refractivity contribution in [1.82, 2.24) is 5.32 Å². The van der Waals surface area contributed by atoms with Crippen LogP contribution in [-0.2, 0) is 0 Å². The van der Waals surface area contributed by atoms with Gasteiger partial charge in [-0.2, -0.15) is 8.78 Å². The van der Waals surface area contributed by atoms with Crippen LogP contribution in [0.3, 0.4) is 0 Å². The van der Waals surface area contributed by atoms with Crippen LogP contribution in [0.15, 0.2) is 24.3 Å². The van der Waals surface area contributed by atoms with Crippen LogP contribution in [0.2, 0.25) is 0 Å². The fourth-order valence-corrected chi connectivity index (χ4v) is 3.36. The molecule has 0 amide bonds. The van der Waals surface area contributed by atoms with Gasteiger partial charge in [-0.15, -0.1) is 0 Å². The van der Waals surface area contributed by atoms with E-state index in [9.17, 15) is 8.78 Å². The van der Waals surface area contributed by atoms with Gasteiger partial charge in [0.1, 0.15) is 5.75 Å². The molecule has 1 aliphatic rings. The Morgan fingerprint density at radius 2 is 1.86 bits per heavy atom. The van der Waals surface area contributed by atoms with Crippen LogP contribution in [0.25, 0.3) is 0 Å². The Morgan fingerprint density at radius 1 is 1.19 bits per heavy atom. The van der Waals surface area contributed by atoms with E-state index >= 15 is 0 Å². The highest BCUT2D eigenvalue weighted by Crippen LogP contribution is 2.31. The molecular weight excluding hydrogens is 272 g/mol. The monoisotopic (exact) mass is 297 g/mol. The van der Waals surface area contributed by atoms with Gasteiger partial charge < -0.3 is 10.1 Å². The van der Waals surface area contributed by atoms with Crippen molar-refractivity contribution < 1.29 is 13.5 Å². The highest BCUT2D eigenvalue weighted by molar-refractivity contribution is 5.30. The van der Waals surface area contributed by atoms with Crippen molar-refractivity contribution in [2.24, 2.45) is 11.8 Å². The maximum absolute atomic E-state index is 12.3. The highest BCUT2D eigenvalue weighted by atomic mass is 19.3. The summed E-state index contributed by atoms with van der Waals surface area (Å²) in [7, 11) is 0. The van der Waals surface area contributed by atoms with E-state index in [0.717, 1.165) is 5.56 Å². The van der Waals surface area contributed by atoms with Crippen LogP contribution in [-0.4, -0.2) is 12.7 Å². The molecule has 0 heterocycles. The topological polar surface area (TPSA) is 21.3 Å². The zero-order chi connectivity index (χ0) is 15.4. The first-order valence-corrected chi connectivity index (χ1v) is 7.78. The minimum absolute atomic E-state index is 0.124. The summed E-state index contributed by atoms with van der Waals surface area (Å²) in [6.45, 7) is 3.88. The highest BCUT2D eigenvalue weighted by Gasteiger charge is 2.28. The molecule has 1 aliphatic carbocycles.